The number of carbonyl (C=O) groups is 1. The van der Waals surface area contributed by atoms with Gasteiger partial charge in [-0.1, -0.05) is 23.7 Å². The number of aromatic nitrogens is 2. The molecule has 5 heteroatoms. The van der Waals surface area contributed by atoms with E-state index in [9.17, 15) is 4.79 Å². The fraction of sp³-hybridized carbons (Fsp3) is 0.500. The number of halogens is 1. The Morgan fingerprint density at radius 3 is 2.72 bits per heavy atom. The molecule has 0 N–H and O–H groups in total. The molecule has 4 rings (SSSR count). The summed E-state index contributed by atoms with van der Waals surface area (Å²) in [5, 5.41) is 5.56. The Hall–Kier alpha value is -1.81. The van der Waals surface area contributed by atoms with Crippen molar-refractivity contribution >= 4 is 17.6 Å². The number of benzene rings is 1. The monoisotopic (exact) mass is 358 g/mol. The van der Waals surface area contributed by atoms with Gasteiger partial charge in [0.25, 0.3) is 0 Å². The highest BCUT2D eigenvalue weighted by atomic mass is 35.5. The molecule has 1 saturated carbocycles. The molecule has 2 heterocycles. The van der Waals surface area contributed by atoms with E-state index < -0.39 is 5.60 Å². The second-order valence-corrected chi connectivity index (χ2v) is 8.74. The van der Waals surface area contributed by atoms with Crippen LogP contribution in [0.1, 0.15) is 45.7 Å². The van der Waals surface area contributed by atoms with Gasteiger partial charge in [-0.25, -0.2) is 0 Å². The van der Waals surface area contributed by atoms with Gasteiger partial charge in [0.2, 0.25) is 0 Å². The lowest BCUT2D eigenvalue weighted by atomic mass is 9.89. The number of ether oxygens (including phenoxy) is 1. The largest absolute Gasteiger partial charge is 0.460 e. The highest BCUT2D eigenvalue weighted by molar-refractivity contribution is 6.30. The van der Waals surface area contributed by atoms with E-state index in [1.165, 1.54) is 0 Å². The van der Waals surface area contributed by atoms with Crippen LogP contribution in [-0.4, -0.2) is 21.4 Å². The van der Waals surface area contributed by atoms with Crippen molar-refractivity contribution in [1.29, 1.82) is 0 Å². The van der Waals surface area contributed by atoms with Crippen LogP contribution in [0.25, 0.3) is 11.3 Å². The molecule has 2 aromatic rings. The maximum atomic E-state index is 12.6. The third-order valence-electron chi connectivity index (χ3n) is 5.00. The smallest absolute Gasteiger partial charge is 0.309 e. The van der Waals surface area contributed by atoms with Gasteiger partial charge in [-0.2, -0.15) is 5.10 Å². The molecule has 132 valence electrons. The number of rotatable bonds is 2. The van der Waals surface area contributed by atoms with Crippen molar-refractivity contribution in [2.75, 3.05) is 0 Å². The van der Waals surface area contributed by atoms with Crippen molar-refractivity contribution in [3.05, 3.63) is 41.0 Å². The number of hydrogen-bond donors (Lipinski definition) is 0. The minimum absolute atomic E-state index is 0.00593. The molecule has 1 spiro atoms. The maximum Gasteiger partial charge on any atom is 0.309 e. The average molecular weight is 359 g/mol. The van der Waals surface area contributed by atoms with Crippen LogP contribution in [0.5, 0.6) is 0 Å². The highest BCUT2D eigenvalue weighted by Crippen LogP contribution is 2.52. The SMILES string of the molecule is CC(C)(C)OC(=O)C1Cc2cc(-c3cccc(Cl)c3)nn2C2(CC2)C1. The van der Waals surface area contributed by atoms with E-state index in [1.54, 1.807) is 0 Å². The summed E-state index contributed by atoms with van der Waals surface area (Å²) >= 11 is 6.12. The summed E-state index contributed by atoms with van der Waals surface area (Å²) in [4.78, 5) is 12.6. The molecule has 25 heavy (non-hydrogen) atoms. The molecule has 4 nitrogen and oxygen atoms in total. The van der Waals surface area contributed by atoms with E-state index >= 15 is 0 Å². The number of hydrogen-bond acceptors (Lipinski definition) is 3. The van der Waals surface area contributed by atoms with Gasteiger partial charge in [0, 0.05) is 22.7 Å². The molecule has 1 unspecified atom stereocenters. The van der Waals surface area contributed by atoms with Crippen molar-refractivity contribution in [2.45, 2.75) is 57.6 Å². The van der Waals surface area contributed by atoms with Crippen molar-refractivity contribution in [3.8, 4) is 11.3 Å². The zero-order valence-electron chi connectivity index (χ0n) is 14.9. The Morgan fingerprint density at radius 2 is 2.08 bits per heavy atom. The van der Waals surface area contributed by atoms with Crippen LogP contribution in [0.4, 0.5) is 0 Å². The molecule has 1 atom stereocenters. The molecule has 0 amide bonds. The van der Waals surface area contributed by atoms with E-state index in [0.717, 1.165) is 36.2 Å². The predicted octanol–water partition coefficient (Wildman–Crippen LogP) is 4.60. The normalized spacial score (nSPS) is 21.0. The summed E-state index contributed by atoms with van der Waals surface area (Å²) in [6.45, 7) is 5.76. The average Bonchev–Trinajstić information content (AvgIpc) is 3.13. The van der Waals surface area contributed by atoms with Gasteiger partial charge in [0.05, 0.1) is 17.2 Å². The Morgan fingerprint density at radius 1 is 1.32 bits per heavy atom. The van der Waals surface area contributed by atoms with Crippen molar-refractivity contribution in [1.82, 2.24) is 9.78 Å². The molecule has 0 saturated heterocycles. The molecule has 1 aliphatic carbocycles. The molecular formula is C20H23ClN2O2. The fourth-order valence-electron chi connectivity index (χ4n) is 3.75. The molecule has 0 radical (unpaired) electrons. The van der Waals surface area contributed by atoms with Gasteiger partial charge in [0.15, 0.2) is 0 Å². The van der Waals surface area contributed by atoms with Gasteiger partial charge in [0.1, 0.15) is 5.60 Å². The van der Waals surface area contributed by atoms with Crippen molar-refractivity contribution in [2.24, 2.45) is 5.92 Å². The maximum absolute atomic E-state index is 12.6. The number of fused-ring (bicyclic) bond motifs is 2. The topological polar surface area (TPSA) is 44.1 Å². The van der Waals surface area contributed by atoms with Crippen molar-refractivity contribution < 1.29 is 9.53 Å². The lowest BCUT2D eigenvalue weighted by Gasteiger charge is -2.31. The first kappa shape index (κ1) is 16.6. The van der Waals surface area contributed by atoms with Crippen LogP contribution < -0.4 is 0 Å². The quantitative estimate of drug-likeness (QED) is 0.737. The summed E-state index contributed by atoms with van der Waals surface area (Å²) < 4.78 is 7.79. The molecule has 1 aromatic carbocycles. The molecular weight excluding hydrogens is 336 g/mol. The molecule has 2 aliphatic rings. The van der Waals surface area contributed by atoms with E-state index in [-0.39, 0.29) is 17.4 Å². The molecule has 0 bridgehead atoms. The van der Waals surface area contributed by atoms with Gasteiger partial charge < -0.3 is 4.74 Å². The highest BCUT2D eigenvalue weighted by Gasteiger charge is 2.52. The minimum Gasteiger partial charge on any atom is -0.460 e. The number of esters is 1. The van der Waals surface area contributed by atoms with Gasteiger partial charge in [-0.3, -0.25) is 9.48 Å². The summed E-state index contributed by atoms with van der Waals surface area (Å²) in [5.41, 5.74) is 2.62. The first-order valence-electron chi connectivity index (χ1n) is 8.84. The lowest BCUT2D eigenvalue weighted by Crippen LogP contribution is -2.37. The predicted molar refractivity (Wildman–Crippen MR) is 97.5 cm³/mol. The Balaban J connectivity index is 1.64. The number of carbonyl (C=O) groups excluding carboxylic acids is 1. The summed E-state index contributed by atoms with van der Waals surface area (Å²) in [7, 11) is 0. The van der Waals surface area contributed by atoms with E-state index in [4.69, 9.17) is 21.4 Å². The lowest BCUT2D eigenvalue weighted by molar-refractivity contribution is -0.161. The molecule has 1 fully saturated rings. The van der Waals surface area contributed by atoms with Gasteiger partial charge in [-0.05, 0) is 58.2 Å². The summed E-state index contributed by atoms with van der Waals surface area (Å²) in [6.07, 6.45) is 3.67. The summed E-state index contributed by atoms with van der Waals surface area (Å²) in [6, 6.07) is 9.85. The first-order valence-corrected chi connectivity index (χ1v) is 9.22. The van der Waals surface area contributed by atoms with Crippen LogP contribution in [0.3, 0.4) is 0 Å². The molecule has 1 aromatic heterocycles. The van der Waals surface area contributed by atoms with Crippen LogP contribution in [-0.2, 0) is 21.5 Å². The van der Waals surface area contributed by atoms with Gasteiger partial charge >= 0.3 is 5.97 Å². The van der Waals surface area contributed by atoms with Crippen LogP contribution in [0.15, 0.2) is 30.3 Å². The Bertz CT molecular complexity index is 830. The minimum atomic E-state index is -0.447. The standard InChI is InChI=1S/C20H23ClN2O2/c1-19(2,3)25-18(24)14-10-16-11-17(13-5-4-6-15(21)9-13)22-23(16)20(12-14)7-8-20/h4-6,9,11,14H,7-8,10,12H2,1-3H3. The fourth-order valence-corrected chi connectivity index (χ4v) is 3.94. The second-order valence-electron chi connectivity index (χ2n) is 8.31. The van der Waals surface area contributed by atoms with Gasteiger partial charge in [-0.15, -0.1) is 0 Å². The summed E-state index contributed by atoms with van der Waals surface area (Å²) in [5.74, 6) is -0.173. The van der Waals surface area contributed by atoms with E-state index in [2.05, 4.69) is 10.7 Å². The van der Waals surface area contributed by atoms with Crippen LogP contribution >= 0.6 is 11.6 Å². The second kappa shape index (κ2) is 5.60. The zero-order chi connectivity index (χ0) is 17.8. The van der Waals surface area contributed by atoms with Crippen molar-refractivity contribution in [3.63, 3.8) is 0 Å². The third-order valence-corrected chi connectivity index (χ3v) is 5.24. The first-order chi connectivity index (χ1) is 11.8. The number of nitrogens with zero attached hydrogens (tertiary/aromatic N) is 2. The zero-order valence-corrected chi connectivity index (χ0v) is 15.6. The molecule has 1 aliphatic heterocycles. The van der Waals surface area contributed by atoms with Crippen LogP contribution in [0, 0.1) is 5.92 Å². The third kappa shape index (κ3) is 3.20. The Kier molecular flexibility index (Phi) is 3.73. The van der Waals surface area contributed by atoms with Crippen LogP contribution in [0.2, 0.25) is 5.02 Å². The Labute approximate surface area is 153 Å². The van der Waals surface area contributed by atoms with E-state index in [1.807, 2.05) is 45.0 Å². The van der Waals surface area contributed by atoms with E-state index in [0.29, 0.717) is 11.4 Å².